The van der Waals surface area contributed by atoms with Crippen molar-refractivity contribution < 1.29 is 14.4 Å². The number of rotatable bonds is 5. The average molecular weight is 358 g/mol. The van der Waals surface area contributed by atoms with Gasteiger partial charge in [0.2, 0.25) is 5.91 Å². The van der Waals surface area contributed by atoms with E-state index in [1.165, 1.54) is 0 Å². The first kappa shape index (κ1) is 17.0. The molecular weight excluding hydrogens is 342 g/mol. The van der Waals surface area contributed by atoms with Crippen LogP contribution < -0.4 is 16.0 Å². The van der Waals surface area contributed by atoms with Crippen molar-refractivity contribution in [2.24, 2.45) is 0 Å². The molecule has 1 fully saturated rings. The molecule has 2 aromatic carbocycles. The van der Waals surface area contributed by atoms with Crippen LogP contribution in [-0.4, -0.2) is 17.8 Å². The number of imide groups is 1. The maximum atomic E-state index is 12.4. The molecule has 0 saturated carbocycles. The van der Waals surface area contributed by atoms with Crippen molar-refractivity contribution in [1.29, 1.82) is 0 Å². The largest absolute Gasteiger partial charge is 0.326 e. The van der Waals surface area contributed by atoms with Gasteiger partial charge in [0, 0.05) is 17.1 Å². The predicted octanol–water partition coefficient (Wildman–Crippen LogP) is 2.79. The highest BCUT2D eigenvalue weighted by atomic mass is 35.5. The SMILES string of the molecule is O=C(CCC1(c2ccccc2)NC(=O)NC1=O)Nc1ccc(Cl)cc1. The fraction of sp³-hybridized carbons (Fsp3) is 0.167. The second kappa shape index (κ2) is 6.94. The highest BCUT2D eigenvalue weighted by Crippen LogP contribution is 2.30. The lowest BCUT2D eigenvalue weighted by atomic mass is 9.85. The third-order valence-electron chi connectivity index (χ3n) is 4.06. The van der Waals surface area contributed by atoms with E-state index < -0.39 is 17.5 Å². The van der Waals surface area contributed by atoms with Crippen molar-refractivity contribution in [2.75, 3.05) is 5.32 Å². The third kappa shape index (κ3) is 3.64. The van der Waals surface area contributed by atoms with Gasteiger partial charge in [-0.1, -0.05) is 41.9 Å². The normalized spacial score (nSPS) is 19.2. The molecule has 1 heterocycles. The molecule has 2 aromatic rings. The van der Waals surface area contributed by atoms with Gasteiger partial charge in [-0.2, -0.15) is 0 Å². The molecule has 0 bridgehead atoms. The zero-order chi connectivity index (χ0) is 17.9. The summed E-state index contributed by atoms with van der Waals surface area (Å²) in [5, 5.41) is 8.23. The summed E-state index contributed by atoms with van der Waals surface area (Å²) in [7, 11) is 0. The van der Waals surface area contributed by atoms with Crippen LogP contribution in [0.15, 0.2) is 54.6 Å². The summed E-state index contributed by atoms with van der Waals surface area (Å²) in [4.78, 5) is 36.3. The van der Waals surface area contributed by atoms with E-state index in [2.05, 4.69) is 16.0 Å². The van der Waals surface area contributed by atoms with Gasteiger partial charge in [-0.15, -0.1) is 0 Å². The van der Waals surface area contributed by atoms with Crippen LogP contribution in [0.4, 0.5) is 10.5 Å². The molecule has 25 heavy (non-hydrogen) atoms. The standard InChI is InChI=1S/C18H16ClN3O3/c19-13-6-8-14(9-7-13)20-15(23)10-11-18(12-4-2-1-3-5-12)16(24)21-17(25)22-18/h1-9H,10-11H2,(H,20,23)(H2,21,22,24,25). The van der Waals surface area contributed by atoms with Crippen molar-refractivity contribution in [1.82, 2.24) is 10.6 Å². The predicted molar refractivity (Wildman–Crippen MR) is 94.1 cm³/mol. The first-order valence-corrected chi connectivity index (χ1v) is 8.12. The summed E-state index contributed by atoms with van der Waals surface area (Å²) in [5.74, 6) is -0.713. The maximum absolute atomic E-state index is 12.4. The van der Waals surface area contributed by atoms with Crippen molar-refractivity contribution in [3.8, 4) is 0 Å². The summed E-state index contributed by atoms with van der Waals surface area (Å²) in [5.41, 5.74) is 0.0103. The lowest BCUT2D eigenvalue weighted by molar-refractivity contribution is -0.125. The first-order valence-electron chi connectivity index (χ1n) is 7.74. The van der Waals surface area contributed by atoms with E-state index in [-0.39, 0.29) is 18.7 Å². The Labute approximate surface area is 149 Å². The van der Waals surface area contributed by atoms with E-state index in [1.54, 1.807) is 48.5 Å². The Bertz CT molecular complexity index is 808. The van der Waals surface area contributed by atoms with Gasteiger partial charge in [0.15, 0.2) is 0 Å². The Morgan fingerprint density at radius 1 is 1.04 bits per heavy atom. The zero-order valence-electron chi connectivity index (χ0n) is 13.2. The minimum Gasteiger partial charge on any atom is -0.326 e. The molecule has 3 N–H and O–H groups in total. The quantitative estimate of drug-likeness (QED) is 0.719. The number of halogens is 1. The lowest BCUT2D eigenvalue weighted by Crippen LogP contribution is -2.44. The molecule has 3 rings (SSSR count). The second-order valence-corrected chi connectivity index (χ2v) is 6.17. The average Bonchev–Trinajstić information content (AvgIpc) is 2.90. The summed E-state index contributed by atoms with van der Waals surface area (Å²) < 4.78 is 0. The molecule has 128 valence electrons. The molecule has 1 atom stereocenters. The van der Waals surface area contributed by atoms with Crippen molar-refractivity contribution in [3.05, 3.63) is 65.2 Å². The number of carbonyl (C=O) groups excluding carboxylic acids is 3. The summed E-state index contributed by atoms with van der Waals surface area (Å²) in [6.07, 6.45) is 0.208. The van der Waals surface area contributed by atoms with Gasteiger partial charge in [0.1, 0.15) is 5.54 Å². The number of hydrogen-bond donors (Lipinski definition) is 3. The number of amides is 4. The van der Waals surface area contributed by atoms with Crippen LogP contribution in [0.25, 0.3) is 0 Å². The van der Waals surface area contributed by atoms with Gasteiger partial charge in [0.05, 0.1) is 0 Å². The molecule has 1 aliphatic heterocycles. The Kier molecular flexibility index (Phi) is 4.72. The smallest absolute Gasteiger partial charge is 0.322 e. The maximum Gasteiger partial charge on any atom is 0.322 e. The Morgan fingerprint density at radius 2 is 1.72 bits per heavy atom. The van der Waals surface area contributed by atoms with Crippen molar-refractivity contribution in [3.63, 3.8) is 0 Å². The van der Waals surface area contributed by atoms with Crippen LogP contribution >= 0.6 is 11.6 Å². The van der Waals surface area contributed by atoms with Crippen LogP contribution in [0.3, 0.4) is 0 Å². The topological polar surface area (TPSA) is 87.3 Å². The van der Waals surface area contributed by atoms with Crippen molar-refractivity contribution in [2.45, 2.75) is 18.4 Å². The van der Waals surface area contributed by atoms with E-state index in [0.29, 0.717) is 16.3 Å². The molecule has 0 aliphatic carbocycles. The molecule has 1 saturated heterocycles. The zero-order valence-corrected chi connectivity index (χ0v) is 14.0. The van der Waals surface area contributed by atoms with Gasteiger partial charge < -0.3 is 10.6 Å². The molecule has 1 unspecified atom stereocenters. The number of urea groups is 1. The molecule has 7 heteroatoms. The number of nitrogens with one attached hydrogen (secondary N) is 3. The fourth-order valence-corrected chi connectivity index (χ4v) is 2.92. The lowest BCUT2D eigenvalue weighted by Gasteiger charge is -2.26. The third-order valence-corrected chi connectivity index (χ3v) is 4.32. The number of anilines is 1. The minimum atomic E-state index is -1.24. The highest BCUT2D eigenvalue weighted by Gasteiger charge is 2.47. The Hall–Kier alpha value is -2.86. The summed E-state index contributed by atoms with van der Waals surface area (Å²) >= 11 is 5.81. The molecular formula is C18H16ClN3O3. The van der Waals surface area contributed by atoms with E-state index in [1.807, 2.05) is 6.07 Å². The van der Waals surface area contributed by atoms with Gasteiger partial charge in [0.25, 0.3) is 5.91 Å². The second-order valence-electron chi connectivity index (χ2n) is 5.73. The van der Waals surface area contributed by atoms with Crippen molar-refractivity contribution >= 4 is 35.1 Å². The first-order chi connectivity index (χ1) is 12.0. The van der Waals surface area contributed by atoms with Gasteiger partial charge >= 0.3 is 6.03 Å². The highest BCUT2D eigenvalue weighted by molar-refractivity contribution is 6.30. The van der Waals surface area contributed by atoms with Crippen LogP contribution in [0.2, 0.25) is 5.02 Å². The molecule has 0 radical (unpaired) electrons. The van der Waals surface area contributed by atoms with E-state index in [9.17, 15) is 14.4 Å². The van der Waals surface area contributed by atoms with Crippen LogP contribution in [0.5, 0.6) is 0 Å². The van der Waals surface area contributed by atoms with Gasteiger partial charge in [-0.25, -0.2) is 4.79 Å². The fourth-order valence-electron chi connectivity index (χ4n) is 2.80. The summed E-state index contributed by atoms with van der Waals surface area (Å²) in [6.45, 7) is 0. The van der Waals surface area contributed by atoms with Crippen LogP contribution in [0, 0.1) is 0 Å². The molecule has 6 nitrogen and oxygen atoms in total. The van der Waals surface area contributed by atoms with Gasteiger partial charge in [-0.05, 0) is 36.2 Å². The molecule has 1 aliphatic rings. The Balaban J connectivity index is 1.73. The van der Waals surface area contributed by atoms with Gasteiger partial charge in [-0.3, -0.25) is 14.9 Å². The number of benzene rings is 2. The van der Waals surface area contributed by atoms with E-state index in [4.69, 9.17) is 11.6 Å². The minimum absolute atomic E-state index is 0.0607. The van der Waals surface area contributed by atoms with Crippen LogP contribution in [-0.2, 0) is 15.1 Å². The van der Waals surface area contributed by atoms with E-state index in [0.717, 1.165) is 0 Å². The molecule has 0 aromatic heterocycles. The molecule has 0 spiro atoms. The molecule has 4 amide bonds. The van der Waals surface area contributed by atoms with Crippen LogP contribution in [0.1, 0.15) is 18.4 Å². The number of carbonyl (C=O) groups is 3. The number of hydrogen-bond acceptors (Lipinski definition) is 3. The van der Waals surface area contributed by atoms with E-state index >= 15 is 0 Å². The Morgan fingerprint density at radius 3 is 2.32 bits per heavy atom. The monoisotopic (exact) mass is 357 g/mol. The summed E-state index contributed by atoms with van der Waals surface area (Å²) in [6, 6.07) is 15.1.